The fourth-order valence-corrected chi connectivity index (χ4v) is 2.25. The monoisotopic (exact) mass is 356 g/mol. The maximum Gasteiger partial charge on any atom is 0.337 e. The third-order valence-electron chi connectivity index (χ3n) is 2.80. The molecule has 1 rings (SSSR count). The minimum absolute atomic E-state index is 0.0249. The van der Waals surface area contributed by atoms with Gasteiger partial charge < -0.3 is 15.7 Å². The predicted molar refractivity (Wildman–Crippen MR) is 82.2 cm³/mol. The van der Waals surface area contributed by atoms with Gasteiger partial charge in [0.05, 0.1) is 11.3 Å². The average Bonchev–Trinajstić information content (AvgIpc) is 2.37. The number of hydrogen-bond donors (Lipinski definition) is 3. The van der Waals surface area contributed by atoms with Crippen LogP contribution in [-0.2, 0) is 9.59 Å². The molecule has 1 unspecified atom stereocenters. The van der Waals surface area contributed by atoms with Gasteiger partial charge in [0.1, 0.15) is 6.04 Å². The van der Waals surface area contributed by atoms with E-state index in [1.165, 1.54) is 13.0 Å². The normalized spacial score (nSPS) is 11.9. The molecule has 1 aromatic rings. The van der Waals surface area contributed by atoms with E-state index < -0.39 is 17.9 Å². The van der Waals surface area contributed by atoms with E-state index in [1.807, 2.05) is 0 Å². The smallest absolute Gasteiger partial charge is 0.337 e. The number of carboxylic acid groups (broad SMARTS) is 1. The number of halogens is 1. The number of carboxylic acids is 1. The lowest BCUT2D eigenvalue weighted by atomic mass is 10.0. The minimum Gasteiger partial charge on any atom is -0.478 e. The number of hydrogen-bond acceptors (Lipinski definition) is 3. The third kappa shape index (κ3) is 4.56. The number of rotatable bonds is 5. The van der Waals surface area contributed by atoms with Crippen LogP contribution in [0.4, 0.5) is 5.69 Å². The molecule has 0 aliphatic carbocycles. The topological polar surface area (TPSA) is 95.5 Å². The van der Waals surface area contributed by atoms with Crippen LogP contribution in [0.15, 0.2) is 22.7 Å². The Morgan fingerprint density at radius 1 is 1.24 bits per heavy atom. The Labute approximate surface area is 131 Å². The Morgan fingerprint density at radius 2 is 1.86 bits per heavy atom. The Kier molecular flexibility index (Phi) is 5.90. The highest BCUT2D eigenvalue weighted by Crippen LogP contribution is 2.27. The molecule has 0 heterocycles. The lowest BCUT2D eigenvalue weighted by Crippen LogP contribution is -2.46. The van der Waals surface area contributed by atoms with E-state index in [2.05, 4.69) is 26.6 Å². The van der Waals surface area contributed by atoms with Crippen LogP contribution in [0, 0.1) is 5.92 Å². The summed E-state index contributed by atoms with van der Waals surface area (Å²) in [6, 6.07) is 3.85. The van der Waals surface area contributed by atoms with Gasteiger partial charge >= 0.3 is 5.97 Å². The number of benzene rings is 1. The predicted octanol–water partition coefficient (Wildman–Crippen LogP) is 2.25. The van der Waals surface area contributed by atoms with Gasteiger partial charge in [-0.1, -0.05) is 19.9 Å². The molecule has 6 nitrogen and oxygen atoms in total. The number of carbonyl (C=O) groups is 3. The van der Waals surface area contributed by atoms with Crippen LogP contribution in [0.2, 0.25) is 0 Å². The van der Waals surface area contributed by atoms with Crippen molar-refractivity contribution in [1.82, 2.24) is 5.32 Å². The fraction of sp³-hybridized carbons (Fsp3) is 0.357. The number of anilines is 1. The number of aromatic carboxylic acids is 1. The SMILES string of the molecule is CC(=O)NC(C(=O)Nc1c(Br)cccc1C(=O)O)C(C)C. The Bertz CT molecular complexity index is 572. The summed E-state index contributed by atoms with van der Waals surface area (Å²) in [4.78, 5) is 34.6. The molecule has 114 valence electrons. The van der Waals surface area contributed by atoms with Gasteiger partial charge in [-0.25, -0.2) is 4.79 Å². The van der Waals surface area contributed by atoms with Crippen LogP contribution in [0.3, 0.4) is 0 Å². The van der Waals surface area contributed by atoms with Gasteiger partial charge in [-0.15, -0.1) is 0 Å². The van der Waals surface area contributed by atoms with Gasteiger partial charge in [-0.05, 0) is 34.0 Å². The second-order valence-electron chi connectivity index (χ2n) is 4.88. The third-order valence-corrected chi connectivity index (χ3v) is 3.46. The summed E-state index contributed by atoms with van der Waals surface area (Å²) in [5.74, 6) is -2.07. The number of amides is 2. The van der Waals surface area contributed by atoms with Gasteiger partial charge in [0.25, 0.3) is 0 Å². The highest BCUT2D eigenvalue weighted by atomic mass is 79.9. The van der Waals surface area contributed by atoms with E-state index in [0.29, 0.717) is 4.47 Å². The average molecular weight is 357 g/mol. The van der Waals surface area contributed by atoms with Crippen molar-refractivity contribution in [2.24, 2.45) is 5.92 Å². The maximum absolute atomic E-state index is 12.3. The van der Waals surface area contributed by atoms with Crippen molar-refractivity contribution in [3.8, 4) is 0 Å². The molecule has 0 spiro atoms. The molecule has 2 amide bonds. The van der Waals surface area contributed by atoms with Gasteiger partial charge in [-0.2, -0.15) is 0 Å². The summed E-state index contributed by atoms with van der Waals surface area (Å²) < 4.78 is 0.459. The van der Waals surface area contributed by atoms with Crippen molar-refractivity contribution >= 4 is 39.4 Å². The van der Waals surface area contributed by atoms with Crippen molar-refractivity contribution in [2.75, 3.05) is 5.32 Å². The second-order valence-corrected chi connectivity index (χ2v) is 5.73. The standard InChI is InChI=1S/C14H17BrN2O4/c1-7(2)11(16-8(3)18)13(19)17-12-9(14(20)21)5-4-6-10(12)15/h4-7,11H,1-3H3,(H,16,18)(H,17,19)(H,20,21). The molecular weight excluding hydrogens is 340 g/mol. The molecule has 7 heteroatoms. The van der Waals surface area contributed by atoms with Crippen LogP contribution in [0.25, 0.3) is 0 Å². The first-order valence-corrected chi connectivity index (χ1v) is 7.13. The highest BCUT2D eigenvalue weighted by Gasteiger charge is 2.25. The van der Waals surface area contributed by atoms with Crippen LogP contribution >= 0.6 is 15.9 Å². The summed E-state index contributed by atoms with van der Waals surface area (Å²) in [5.41, 5.74) is 0.147. The molecular formula is C14H17BrN2O4. The minimum atomic E-state index is -1.15. The zero-order valence-corrected chi connectivity index (χ0v) is 13.5. The van der Waals surface area contributed by atoms with Crippen molar-refractivity contribution in [3.63, 3.8) is 0 Å². The molecule has 21 heavy (non-hydrogen) atoms. The summed E-state index contributed by atoms with van der Waals surface area (Å²) in [7, 11) is 0. The van der Waals surface area contributed by atoms with E-state index in [-0.39, 0.29) is 23.1 Å². The molecule has 0 saturated carbocycles. The van der Waals surface area contributed by atoms with Crippen LogP contribution in [0.5, 0.6) is 0 Å². The Hall–Kier alpha value is -1.89. The second kappa shape index (κ2) is 7.21. The van der Waals surface area contributed by atoms with Crippen LogP contribution in [0.1, 0.15) is 31.1 Å². The van der Waals surface area contributed by atoms with Crippen molar-refractivity contribution in [2.45, 2.75) is 26.8 Å². The van der Waals surface area contributed by atoms with Gasteiger partial charge in [0.15, 0.2) is 0 Å². The van der Waals surface area contributed by atoms with Crippen LogP contribution in [-0.4, -0.2) is 28.9 Å². The van der Waals surface area contributed by atoms with E-state index in [9.17, 15) is 14.4 Å². The van der Waals surface area contributed by atoms with E-state index in [0.717, 1.165) is 0 Å². The van der Waals surface area contributed by atoms with Crippen LogP contribution < -0.4 is 10.6 Å². The molecule has 0 aliphatic rings. The molecule has 3 N–H and O–H groups in total. The zero-order chi connectivity index (χ0) is 16.2. The molecule has 1 atom stereocenters. The molecule has 0 aliphatic heterocycles. The zero-order valence-electron chi connectivity index (χ0n) is 11.9. The summed E-state index contributed by atoms with van der Waals surface area (Å²) >= 11 is 3.22. The Morgan fingerprint density at radius 3 is 2.33 bits per heavy atom. The van der Waals surface area contributed by atoms with Gasteiger partial charge in [0, 0.05) is 11.4 Å². The number of carbonyl (C=O) groups excluding carboxylic acids is 2. The molecule has 0 fully saturated rings. The molecule has 1 aromatic carbocycles. The van der Waals surface area contributed by atoms with Crippen molar-refractivity contribution in [3.05, 3.63) is 28.2 Å². The first-order valence-electron chi connectivity index (χ1n) is 6.33. The molecule has 0 radical (unpaired) electrons. The first-order chi connectivity index (χ1) is 9.73. The van der Waals surface area contributed by atoms with Gasteiger partial charge in [-0.3, -0.25) is 9.59 Å². The van der Waals surface area contributed by atoms with Crippen molar-refractivity contribution in [1.29, 1.82) is 0 Å². The molecule has 0 bridgehead atoms. The van der Waals surface area contributed by atoms with E-state index in [1.54, 1.807) is 26.0 Å². The lowest BCUT2D eigenvalue weighted by Gasteiger charge is -2.21. The molecule has 0 saturated heterocycles. The summed E-state index contributed by atoms with van der Waals surface area (Å²) in [5, 5.41) is 14.3. The maximum atomic E-state index is 12.3. The molecule has 0 aromatic heterocycles. The number of nitrogens with one attached hydrogen (secondary N) is 2. The fourth-order valence-electron chi connectivity index (χ4n) is 1.78. The largest absolute Gasteiger partial charge is 0.478 e. The highest BCUT2D eigenvalue weighted by molar-refractivity contribution is 9.10. The quantitative estimate of drug-likeness (QED) is 0.753. The first kappa shape index (κ1) is 17.2. The van der Waals surface area contributed by atoms with Gasteiger partial charge in [0.2, 0.25) is 11.8 Å². The van der Waals surface area contributed by atoms with Crippen molar-refractivity contribution < 1.29 is 19.5 Å². The lowest BCUT2D eigenvalue weighted by molar-refractivity contribution is -0.126. The number of para-hydroxylation sites is 1. The summed E-state index contributed by atoms with van der Waals surface area (Å²) in [6.45, 7) is 4.90. The Balaban J connectivity index is 3.07. The summed E-state index contributed by atoms with van der Waals surface area (Å²) in [6.07, 6.45) is 0. The van der Waals surface area contributed by atoms with E-state index >= 15 is 0 Å². The van der Waals surface area contributed by atoms with E-state index in [4.69, 9.17) is 5.11 Å².